The molecule has 28 heavy (non-hydrogen) atoms. The van der Waals surface area contributed by atoms with Crippen LogP contribution in [0.5, 0.6) is 0 Å². The van der Waals surface area contributed by atoms with Crippen LogP contribution in [-0.4, -0.2) is 25.0 Å². The number of carbonyl (C=O) groups excluding carboxylic acids is 1. The molecule has 0 radical (unpaired) electrons. The monoisotopic (exact) mass is 492 g/mol. The first-order valence-corrected chi connectivity index (χ1v) is 9.66. The second-order valence-electron chi connectivity index (χ2n) is 6.79. The summed E-state index contributed by atoms with van der Waals surface area (Å²) in [6.07, 6.45) is 1.60. The maximum absolute atomic E-state index is 11.9. The van der Waals surface area contributed by atoms with Gasteiger partial charge in [0.2, 0.25) is 5.91 Å². The minimum atomic E-state index is 0. The number of hydrogen-bond donors (Lipinski definition) is 2. The molecule has 150 valence electrons. The zero-order valence-electron chi connectivity index (χ0n) is 16.5. The number of anilines is 1. The van der Waals surface area contributed by atoms with Crippen LogP contribution in [0.3, 0.4) is 0 Å². The molecule has 1 aliphatic heterocycles. The van der Waals surface area contributed by atoms with Crippen LogP contribution in [0.25, 0.3) is 0 Å². The molecule has 0 bridgehead atoms. The Bertz CT molecular complexity index is 777. The number of nitrogens with zero attached hydrogens (tertiary/aromatic N) is 2. The van der Waals surface area contributed by atoms with Crippen LogP contribution in [0.2, 0.25) is 0 Å². The van der Waals surface area contributed by atoms with Gasteiger partial charge in [0.1, 0.15) is 0 Å². The van der Waals surface area contributed by atoms with Gasteiger partial charge in [-0.25, -0.2) is 4.99 Å². The van der Waals surface area contributed by atoms with Crippen molar-refractivity contribution >= 4 is 41.5 Å². The first-order valence-electron chi connectivity index (χ1n) is 9.66. The van der Waals surface area contributed by atoms with E-state index < -0.39 is 0 Å². The molecule has 5 nitrogen and oxygen atoms in total. The summed E-state index contributed by atoms with van der Waals surface area (Å²) >= 11 is 0. The average Bonchev–Trinajstić information content (AvgIpc) is 3.13. The number of rotatable bonds is 6. The van der Waals surface area contributed by atoms with Gasteiger partial charge in [-0.05, 0) is 43.5 Å². The number of guanidine groups is 1. The van der Waals surface area contributed by atoms with Gasteiger partial charge in [-0.15, -0.1) is 24.0 Å². The molecule has 1 heterocycles. The molecule has 3 rings (SSSR count). The Morgan fingerprint density at radius 3 is 2.46 bits per heavy atom. The van der Waals surface area contributed by atoms with Crippen LogP contribution in [0.4, 0.5) is 5.69 Å². The minimum absolute atomic E-state index is 0. The van der Waals surface area contributed by atoms with E-state index in [1.807, 2.05) is 35.2 Å². The fourth-order valence-corrected chi connectivity index (χ4v) is 3.22. The molecule has 1 atom stereocenters. The van der Waals surface area contributed by atoms with Crippen LogP contribution in [0, 0.1) is 0 Å². The van der Waals surface area contributed by atoms with E-state index in [2.05, 4.69) is 48.7 Å². The second-order valence-corrected chi connectivity index (χ2v) is 6.79. The SMILES string of the molecule is CCNC(=NCc1ccc(N2CCCC2=O)cc1)NC(C)c1ccccc1.I. The number of halogens is 1. The fourth-order valence-electron chi connectivity index (χ4n) is 3.22. The maximum Gasteiger partial charge on any atom is 0.227 e. The second kappa shape index (κ2) is 11.0. The number of nitrogens with one attached hydrogen (secondary N) is 2. The van der Waals surface area contributed by atoms with E-state index in [0.29, 0.717) is 13.0 Å². The Morgan fingerprint density at radius 2 is 1.86 bits per heavy atom. The fraction of sp³-hybridized carbons (Fsp3) is 0.364. The van der Waals surface area contributed by atoms with Gasteiger partial charge in [0.05, 0.1) is 12.6 Å². The molecule has 2 aromatic rings. The molecule has 1 unspecified atom stereocenters. The molecule has 1 amide bonds. The van der Waals surface area contributed by atoms with E-state index in [4.69, 9.17) is 4.99 Å². The van der Waals surface area contributed by atoms with Crippen molar-refractivity contribution in [3.8, 4) is 0 Å². The van der Waals surface area contributed by atoms with E-state index in [9.17, 15) is 4.79 Å². The summed E-state index contributed by atoms with van der Waals surface area (Å²) in [6.45, 7) is 6.41. The molecule has 1 aliphatic rings. The molecule has 0 aliphatic carbocycles. The largest absolute Gasteiger partial charge is 0.357 e. The molecule has 1 saturated heterocycles. The molecule has 2 aromatic carbocycles. The van der Waals surface area contributed by atoms with Gasteiger partial charge in [-0.2, -0.15) is 0 Å². The first-order chi connectivity index (χ1) is 13.2. The summed E-state index contributed by atoms with van der Waals surface area (Å²) in [5.41, 5.74) is 3.32. The molecule has 2 N–H and O–H groups in total. The average molecular weight is 492 g/mol. The topological polar surface area (TPSA) is 56.7 Å². The van der Waals surface area contributed by atoms with E-state index >= 15 is 0 Å². The van der Waals surface area contributed by atoms with Gasteiger partial charge in [0.15, 0.2) is 5.96 Å². The molecule has 0 saturated carbocycles. The van der Waals surface area contributed by atoms with E-state index in [-0.39, 0.29) is 35.9 Å². The van der Waals surface area contributed by atoms with Gasteiger partial charge >= 0.3 is 0 Å². The number of amides is 1. The number of aliphatic imine (C=N–C) groups is 1. The van der Waals surface area contributed by atoms with Crippen molar-refractivity contribution in [3.05, 3.63) is 65.7 Å². The third-order valence-corrected chi connectivity index (χ3v) is 4.74. The normalized spacial score (nSPS) is 15.1. The van der Waals surface area contributed by atoms with E-state index in [1.54, 1.807) is 0 Å². The summed E-state index contributed by atoms with van der Waals surface area (Å²) < 4.78 is 0. The van der Waals surface area contributed by atoms with Crippen molar-refractivity contribution in [2.75, 3.05) is 18.0 Å². The zero-order chi connectivity index (χ0) is 19.1. The highest BCUT2D eigenvalue weighted by atomic mass is 127. The van der Waals surface area contributed by atoms with Crippen LogP contribution < -0.4 is 15.5 Å². The lowest BCUT2D eigenvalue weighted by Gasteiger charge is -2.18. The van der Waals surface area contributed by atoms with Crippen LogP contribution in [0.1, 0.15) is 43.9 Å². The Hall–Kier alpha value is -2.09. The van der Waals surface area contributed by atoms with Gasteiger partial charge in [0, 0.05) is 25.2 Å². The number of hydrogen-bond acceptors (Lipinski definition) is 2. The number of carbonyl (C=O) groups is 1. The van der Waals surface area contributed by atoms with E-state index in [0.717, 1.165) is 36.7 Å². The van der Waals surface area contributed by atoms with Crippen molar-refractivity contribution in [1.29, 1.82) is 0 Å². The summed E-state index contributed by atoms with van der Waals surface area (Å²) in [6, 6.07) is 18.6. The summed E-state index contributed by atoms with van der Waals surface area (Å²) in [5.74, 6) is 1.02. The molecule has 1 fully saturated rings. The minimum Gasteiger partial charge on any atom is -0.357 e. The van der Waals surface area contributed by atoms with Crippen LogP contribution >= 0.6 is 24.0 Å². The van der Waals surface area contributed by atoms with Gasteiger partial charge in [-0.1, -0.05) is 42.5 Å². The Morgan fingerprint density at radius 1 is 1.14 bits per heavy atom. The van der Waals surface area contributed by atoms with Gasteiger partial charge in [0.25, 0.3) is 0 Å². The smallest absolute Gasteiger partial charge is 0.227 e. The lowest BCUT2D eigenvalue weighted by molar-refractivity contribution is -0.117. The van der Waals surface area contributed by atoms with Crippen molar-refractivity contribution < 1.29 is 4.79 Å². The summed E-state index contributed by atoms with van der Waals surface area (Å²) in [7, 11) is 0. The zero-order valence-corrected chi connectivity index (χ0v) is 18.9. The molecule has 0 spiro atoms. The van der Waals surface area contributed by atoms with Crippen molar-refractivity contribution in [1.82, 2.24) is 10.6 Å². The van der Waals surface area contributed by atoms with Crippen molar-refractivity contribution in [2.24, 2.45) is 4.99 Å². The third-order valence-electron chi connectivity index (χ3n) is 4.74. The lowest BCUT2D eigenvalue weighted by Crippen LogP contribution is -2.38. The third kappa shape index (κ3) is 5.95. The maximum atomic E-state index is 11.9. The van der Waals surface area contributed by atoms with Gasteiger partial charge in [-0.3, -0.25) is 4.79 Å². The predicted molar refractivity (Wildman–Crippen MR) is 126 cm³/mol. The Balaban J connectivity index is 0.00000280. The molecular weight excluding hydrogens is 463 g/mol. The standard InChI is InChI=1S/C22H28N4O.HI/c1-3-23-22(25-17(2)19-8-5-4-6-9-19)24-16-18-11-13-20(14-12-18)26-15-7-10-21(26)27;/h4-6,8-9,11-14,17H,3,7,10,15-16H2,1-2H3,(H2,23,24,25);1H. The summed E-state index contributed by atoms with van der Waals surface area (Å²) in [4.78, 5) is 18.4. The highest BCUT2D eigenvalue weighted by Gasteiger charge is 2.21. The molecule has 6 heteroatoms. The highest BCUT2D eigenvalue weighted by Crippen LogP contribution is 2.21. The quantitative estimate of drug-likeness (QED) is 0.360. The Labute approximate surface area is 184 Å². The van der Waals surface area contributed by atoms with Crippen LogP contribution in [0.15, 0.2) is 59.6 Å². The number of benzene rings is 2. The van der Waals surface area contributed by atoms with E-state index in [1.165, 1.54) is 5.56 Å². The van der Waals surface area contributed by atoms with Gasteiger partial charge < -0.3 is 15.5 Å². The Kier molecular flexibility index (Phi) is 8.76. The lowest BCUT2D eigenvalue weighted by atomic mass is 10.1. The first kappa shape index (κ1) is 22.2. The highest BCUT2D eigenvalue weighted by molar-refractivity contribution is 14.0. The summed E-state index contributed by atoms with van der Waals surface area (Å²) in [5, 5.41) is 6.75. The van der Waals surface area contributed by atoms with Crippen molar-refractivity contribution in [3.63, 3.8) is 0 Å². The molecular formula is C22H29IN4O. The van der Waals surface area contributed by atoms with Crippen LogP contribution in [-0.2, 0) is 11.3 Å². The predicted octanol–water partition coefficient (Wildman–Crippen LogP) is 4.25. The van der Waals surface area contributed by atoms with Crippen molar-refractivity contribution in [2.45, 2.75) is 39.3 Å². The molecule has 0 aromatic heterocycles.